The molecule has 1 aromatic carbocycles. The van der Waals surface area contributed by atoms with Crippen LogP contribution in [0.5, 0.6) is 11.5 Å². The van der Waals surface area contributed by atoms with Crippen LogP contribution in [0, 0.1) is 0 Å². The number of benzene rings is 1. The molecule has 1 heterocycles. The lowest BCUT2D eigenvalue weighted by Crippen LogP contribution is -2.17. The first-order valence-electron chi connectivity index (χ1n) is 9.23. The number of methoxy groups -OCH3 is 1. The number of aromatic hydroxyl groups is 2. The molecular weight excluding hydrogens is 378 g/mol. The largest absolute Gasteiger partial charge is 0.508 e. The summed E-state index contributed by atoms with van der Waals surface area (Å²) < 4.78 is 9.93. The Kier molecular flexibility index (Phi) is 8.27. The van der Waals surface area contributed by atoms with E-state index in [-0.39, 0.29) is 30.4 Å². The van der Waals surface area contributed by atoms with Gasteiger partial charge in [-0.3, -0.25) is 0 Å². The maximum absolute atomic E-state index is 12.6. The predicted octanol–water partition coefficient (Wildman–Crippen LogP) is 3.03. The molecule has 0 amide bonds. The van der Waals surface area contributed by atoms with E-state index in [1.165, 1.54) is 13.2 Å². The number of fused-ring (bicyclic) bond motifs is 1. The molecule has 1 aromatic rings. The third-order valence-corrected chi connectivity index (χ3v) is 4.10. The molecular formula is C21H25NO7. The summed E-state index contributed by atoms with van der Waals surface area (Å²) in [6, 6.07) is 2.44. The van der Waals surface area contributed by atoms with Gasteiger partial charge in [-0.15, -0.1) is 0 Å². The number of rotatable bonds is 3. The predicted molar refractivity (Wildman–Crippen MR) is 106 cm³/mol. The Morgan fingerprint density at radius 2 is 2.00 bits per heavy atom. The van der Waals surface area contributed by atoms with Gasteiger partial charge in [0.1, 0.15) is 23.2 Å². The van der Waals surface area contributed by atoms with E-state index >= 15 is 0 Å². The number of oxime groups is 1. The first-order valence-corrected chi connectivity index (χ1v) is 9.23. The number of phenols is 2. The Bertz CT molecular complexity index is 827. The Labute approximate surface area is 169 Å². The number of phenolic OH excluding ortho intramolecular Hbond substituents is 2. The van der Waals surface area contributed by atoms with Gasteiger partial charge in [-0.05, 0) is 37.5 Å². The number of carbonyl (C=O) groups is 2. The molecule has 156 valence electrons. The van der Waals surface area contributed by atoms with Crippen molar-refractivity contribution in [1.82, 2.24) is 0 Å². The lowest BCUT2D eigenvalue weighted by Gasteiger charge is -2.15. The molecule has 1 aliphatic heterocycles. The smallest absolute Gasteiger partial charge is 0.346 e. The summed E-state index contributed by atoms with van der Waals surface area (Å²) in [4.78, 5) is 28.9. The summed E-state index contributed by atoms with van der Waals surface area (Å²) in [5.74, 6) is -1.88. The maximum Gasteiger partial charge on any atom is 0.346 e. The van der Waals surface area contributed by atoms with E-state index in [0.717, 1.165) is 18.9 Å². The standard InChI is InChI=1S/C21H25NO7/c1-14-8-6-4-3-5-7-9-16(22-28-13-19(25)27-2)10-15-11-17(23)12-18(24)20(15)21(26)29-14/h4,6-7,9,11-12,14,23-24H,3,5,8,10,13H2,1-2H3/b6-4+,9-7+,22-16+. The van der Waals surface area contributed by atoms with E-state index in [1.54, 1.807) is 13.0 Å². The Morgan fingerprint density at radius 1 is 1.24 bits per heavy atom. The van der Waals surface area contributed by atoms with Crippen LogP contribution in [-0.4, -0.2) is 47.7 Å². The van der Waals surface area contributed by atoms with E-state index in [9.17, 15) is 19.8 Å². The first-order chi connectivity index (χ1) is 13.9. The minimum Gasteiger partial charge on any atom is -0.508 e. The molecule has 2 rings (SSSR count). The minimum atomic E-state index is -0.700. The molecule has 0 saturated heterocycles. The minimum absolute atomic E-state index is 0.0512. The van der Waals surface area contributed by atoms with Gasteiger partial charge in [-0.1, -0.05) is 23.4 Å². The second kappa shape index (κ2) is 10.9. The highest BCUT2D eigenvalue weighted by molar-refractivity contribution is 6.00. The van der Waals surface area contributed by atoms with Gasteiger partial charge in [-0.2, -0.15) is 0 Å². The van der Waals surface area contributed by atoms with Gasteiger partial charge in [0.25, 0.3) is 0 Å². The van der Waals surface area contributed by atoms with Crippen molar-refractivity contribution >= 4 is 17.7 Å². The average molecular weight is 403 g/mol. The van der Waals surface area contributed by atoms with Crippen molar-refractivity contribution in [3.8, 4) is 11.5 Å². The summed E-state index contributed by atoms with van der Waals surface area (Å²) in [5.41, 5.74) is 0.657. The summed E-state index contributed by atoms with van der Waals surface area (Å²) in [6.45, 7) is 1.40. The molecule has 0 fully saturated rings. The molecule has 8 nitrogen and oxygen atoms in total. The molecule has 1 unspecified atom stereocenters. The van der Waals surface area contributed by atoms with Crippen LogP contribution < -0.4 is 0 Å². The van der Waals surface area contributed by atoms with Gasteiger partial charge in [-0.25, -0.2) is 9.59 Å². The number of cyclic esters (lactones) is 1. The van der Waals surface area contributed by atoms with Crippen molar-refractivity contribution < 1.29 is 34.1 Å². The number of allylic oxidation sites excluding steroid dienone is 3. The van der Waals surface area contributed by atoms with Crippen molar-refractivity contribution in [3.05, 3.63) is 47.6 Å². The topological polar surface area (TPSA) is 115 Å². The third-order valence-electron chi connectivity index (χ3n) is 4.10. The molecule has 0 spiro atoms. The quantitative estimate of drug-likeness (QED) is 0.453. The summed E-state index contributed by atoms with van der Waals surface area (Å²) in [6.07, 6.45) is 9.31. The molecule has 0 saturated carbocycles. The zero-order valence-electron chi connectivity index (χ0n) is 16.5. The van der Waals surface area contributed by atoms with E-state index in [1.807, 2.05) is 18.2 Å². The van der Waals surface area contributed by atoms with E-state index in [4.69, 9.17) is 9.57 Å². The van der Waals surface area contributed by atoms with Crippen LogP contribution in [0.4, 0.5) is 0 Å². The summed E-state index contributed by atoms with van der Waals surface area (Å²) in [7, 11) is 1.24. The molecule has 0 bridgehead atoms. The number of hydrogen-bond donors (Lipinski definition) is 2. The molecule has 1 aliphatic rings. The fourth-order valence-electron chi connectivity index (χ4n) is 2.70. The average Bonchev–Trinajstić information content (AvgIpc) is 2.65. The lowest BCUT2D eigenvalue weighted by molar-refractivity contribution is -0.145. The molecule has 0 aromatic heterocycles. The first kappa shape index (κ1) is 22.0. The monoisotopic (exact) mass is 403 g/mol. The summed E-state index contributed by atoms with van der Waals surface area (Å²) in [5, 5.41) is 24.0. The fourth-order valence-corrected chi connectivity index (χ4v) is 2.70. The highest BCUT2D eigenvalue weighted by Crippen LogP contribution is 2.29. The molecule has 2 N–H and O–H groups in total. The molecule has 0 radical (unpaired) electrons. The van der Waals surface area contributed by atoms with Crippen LogP contribution in [0.2, 0.25) is 0 Å². The number of ether oxygens (including phenoxy) is 2. The second-order valence-electron chi connectivity index (χ2n) is 6.51. The number of hydrogen-bond acceptors (Lipinski definition) is 8. The van der Waals surface area contributed by atoms with Crippen LogP contribution >= 0.6 is 0 Å². The third kappa shape index (κ3) is 6.99. The van der Waals surface area contributed by atoms with Crippen LogP contribution in [0.15, 0.2) is 41.6 Å². The Hall–Kier alpha value is -3.29. The maximum atomic E-state index is 12.6. The van der Waals surface area contributed by atoms with Crippen LogP contribution in [0.1, 0.15) is 42.1 Å². The molecule has 8 heteroatoms. The zero-order valence-corrected chi connectivity index (χ0v) is 16.5. The van der Waals surface area contributed by atoms with Gasteiger partial charge < -0.3 is 24.5 Å². The van der Waals surface area contributed by atoms with Crippen molar-refractivity contribution in [2.75, 3.05) is 13.7 Å². The number of nitrogens with zero attached hydrogens (tertiary/aromatic N) is 1. The van der Waals surface area contributed by atoms with Gasteiger partial charge in [0.15, 0.2) is 0 Å². The lowest BCUT2D eigenvalue weighted by atomic mass is 9.99. The molecule has 1 atom stereocenters. The fraction of sp³-hybridized carbons (Fsp3) is 0.381. The van der Waals surface area contributed by atoms with Crippen molar-refractivity contribution in [3.63, 3.8) is 0 Å². The number of esters is 2. The van der Waals surface area contributed by atoms with Gasteiger partial charge in [0.2, 0.25) is 6.61 Å². The normalized spacial score (nSPS) is 21.4. The Balaban J connectivity index is 2.40. The van der Waals surface area contributed by atoms with E-state index in [0.29, 0.717) is 17.7 Å². The summed E-state index contributed by atoms with van der Waals surface area (Å²) >= 11 is 0. The molecule has 29 heavy (non-hydrogen) atoms. The van der Waals surface area contributed by atoms with Crippen LogP contribution in [-0.2, 0) is 25.5 Å². The van der Waals surface area contributed by atoms with Crippen LogP contribution in [0.3, 0.4) is 0 Å². The van der Waals surface area contributed by atoms with Crippen molar-refractivity contribution in [1.29, 1.82) is 0 Å². The highest BCUT2D eigenvalue weighted by atomic mass is 16.6. The van der Waals surface area contributed by atoms with Crippen LogP contribution in [0.25, 0.3) is 0 Å². The van der Waals surface area contributed by atoms with Gasteiger partial charge >= 0.3 is 11.9 Å². The second-order valence-corrected chi connectivity index (χ2v) is 6.51. The van der Waals surface area contributed by atoms with Gasteiger partial charge in [0, 0.05) is 18.9 Å². The Morgan fingerprint density at radius 3 is 2.76 bits per heavy atom. The van der Waals surface area contributed by atoms with Crippen molar-refractivity contribution in [2.45, 2.75) is 38.7 Å². The zero-order chi connectivity index (χ0) is 21.2. The van der Waals surface area contributed by atoms with Crippen molar-refractivity contribution in [2.24, 2.45) is 5.16 Å². The van der Waals surface area contributed by atoms with E-state index < -0.39 is 17.7 Å². The number of carbonyl (C=O) groups excluding carboxylic acids is 2. The van der Waals surface area contributed by atoms with E-state index in [2.05, 4.69) is 9.89 Å². The SMILES string of the molecule is COC(=O)CO/N=C1\C=C\CC/C=C/CC(C)OC(=O)c2c(O)cc(O)cc2C1. The molecule has 0 aliphatic carbocycles. The van der Waals surface area contributed by atoms with Gasteiger partial charge in [0.05, 0.1) is 12.8 Å². The highest BCUT2D eigenvalue weighted by Gasteiger charge is 2.22.